The molecule has 2 rings (SSSR count). The fraction of sp³-hybridized carbons (Fsp3) is 0.182. The number of anilines is 2. The zero-order chi connectivity index (χ0) is 12.4. The van der Waals surface area contributed by atoms with Gasteiger partial charge < -0.3 is 20.9 Å². The van der Waals surface area contributed by atoms with Gasteiger partial charge in [0.1, 0.15) is 10.7 Å². The van der Waals surface area contributed by atoms with E-state index >= 15 is 0 Å². The van der Waals surface area contributed by atoms with Crippen LogP contribution < -0.4 is 20.9 Å². The number of aromatic nitrogens is 1. The number of ether oxygens (including phenoxy) is 2. The van der Waals surface area contributed by atoms with E-state index in [-0.39, 0.29) is 0 Å². The molecule has 4 N–H and O–H groups in total. The average molecular weight is 251 g/mol. The molecule has 0 spiro atoms. The number of methoxy groups -OCH3 is 2. The Morgan fingerprint density at radius 3 is 2.35 bits per heavy atom. The minimum Gasteiger partial charge on any atom is -0.493 e. The van der Waals surface area contributed by atoms with Crippen molar-refractivity contribution in [2.45, 2.75) is 0 Å². The molecule has 0 fully saturated rings. The van der Waals surface area contributed by atoms with Gasteiger partial charge in [0.25, 0.3) is 0 Å². The van der Waals surface area contributed by atoms with Crippen molar-refractivity contribution in [2.75, 3.05) is 25.7 Å². The van der Waals surface area contributed by atoms with Crippen LogP contribution in [0.25, 0.3) is 11.3 Å². The molecule has 1 aromatic carbocycles. The fourth-order valence-corrected chi connectivity index (χ4v) is 2.16. The van der Waals surface area contributed by atoms with Gasteiger partial charge in [-0.3, -0.25) is 0 Å². The maximum absolute atomic E-state index is 5.84. The van der Waals surface area contributed by atoms with Crippen LogP contribution in [-0.4, -0.2) is 19.2 Å². The predicted octanol–water partition coefficient (Wildman–Crippen LogP) is 1.99. The van der Waals surface area contributed by atoms with E-state index in [1.165, 1.54) is 11.3 Å². The molecular formula is C11H13N3O2S. The Balaban J connectivity index is 2.50. The van der Waals surface area contributed by atoms with Gasteiger partial charge in [0, 0.05) is 5.56 Å². The maximum atomic E-state index is 5.84. The molecule has 0 saturated carbocycles. The Morgan fingerprint density at radius 2 is 1.82 bits per heavy atom. The maximum Gasteiger partial charge on any atom is 0.182 e. The third kappa shape index (κ3) is 2.12. The smallest absolute Gasteiger partial charge is 0.182 e. The van der Waals surface area contributed by atoms with E-state index in [2.05, 4.69) is 4.98 Å². The number of nitrogens with two attached hydrogens (primary N) is 2. The van der Waals surface area contributed by atoms with Crippen LogP contribution in [0.1, 0.15) is 0 Å². The molecule has 0 radical (unpaired) electrons. The van der Waals surface area contributed by atoms with E-state index in [4.69, 9.17) is 20.9 Å². The second-order valence-electron chi connectivity index (χ2n) is 3.33. The minimum absolute atomic E-state index is 0.451. The molecule has 0 aliphatic rings. The summed E-state index contributed by atoms with van der Waals surface area (Å²) in [6.07, 6.45) is 0. The number of thiazole rings is 1. The third-order valence-corrected chi connectivity index (χ3v) is 3.04. The first-order chi connectivity index (χ1) is 8.15. The van der Waals surface area contributed by atoms with Crippen LogP contribution in [0.3, 0.4) is 0 Å². The summed E-state index contributed by atoms with van der Waals surface area (Å²) in [5.41, 5.74) is 13.0. The Hall–Kier alpha value is -1.95. The van der Waals surface area contributed by atoms with Crippen LogP contribution in [-0.2, 0) is 0 Å². The molecule has 6 heteroatoms. The molecule has 0 aliphatic carbocycles. The number of hydrogen-bond acceptors (Lipinski definition) is 6. The summed E-state index contributed by atoms with van der Waals surface area (Å²) in [6, 6.07) is 5.50. The van der Waals surface area contributed by atoms with Crippen LogP contribution in [0.15, 0.2) is 18.2 Å². The van der Waals surface area contributed by atoms with Gasteiger partial charge in [0.15, 0.2) is 16.6 Å². The first-order valence-corrected chi connectivity index (χ1v) is 5.71. The molecule has 90 valence electrons. The molecule has 5 nitrogen and oxygen atoms in total. The van der Waals surface area contributed by atoms with Crippen molar-refractivity contribution < 1.29 is 9.47 Å². The lowest BCUT2D eigenvalue weighted by Gasteiger charge is -2.08. The van der Waals surface area contributed by atoms with Gasteiger partial charge in [0.2, 0.25) is 0 Å². The molecule has 0 bridgehead atoms. The molecule has 1 heterocycles. The quantitative estimate of drug-likeness (QED) is 0.871. The van der Waals surface area contributed by atoms with Crippen LogP contribution in [0.2, 0.25) is 0 Å². The molecule has 1 aromatic heterocycles. The number of nitrogen functional groups attached to an aromatic ring is 2. The molecule has 17 heavy (non-hydrogen) atoms. The highest BCUT2D eigenvalue weighted by Crippen LogP contribution is 2.36. The number of benzene rings is 1. The zero-order valence-electron chi connectivity index (χ0n) is 9.56. The highest BCUT2D eigenvalue weighted by atomic mass is 32.1. The van der Waals surface area contributed by atoms with Gasteiger partial charge in [-0.2, -0.15) is 0 Å². The van der Waals surface area contributed by atoms with Crippen LogP contribution in [0, 0.1) is 0 Å². The first kappa shape index (κ1) is 11.5. The molecule has 0 atom stereocenters. The van der Waals surface area contributed by atoms with Crippen molar-refractivity contribution >= 4 is 21.5 Å². The second-order valence-corrected chi connectivity index (χ2v) is 4.40. The summed E-state index contributed by atoms with van der Waals surface area (Å²) < 4.78 is 10.4. The molecule has 0 aliphatic heterocycles. The van der Waals surface area contributed by atoms with Gasteiger partial charge in [0.05, 0.1) is 14.2 Å². The van der Waals surface area contributed by atoms with E-state index in [1.54, 1.807) is 14.2 Å². The summed E-state index contributed by atoms with van der Waals surface area (Å²) in [5, 5.41) is 1.04. The molecular weight excluding hydrogens is 238 g/mol. The van der Waals surface area contributed by atoms with E-state index in [9.17, 15) is 0 Å². The lowest BCUT2D eigenvalue weighted by Crippen LogP contribution is -1.92. The van der Waals surface area contributed by atoms with Gasteiger partial charge in [-0.1, -0.05) is 11.3 Å². The largest absolute Gasteiger partial charge is 0.493 e. The van der Waals surface area contributed by atoms with Crippen LogP contribution in [0.5, 0.6) is 11.5 Å². The van der Waals surface area contributed by atoms with E-state index < -0.39 is 0 Å². The van der Waals surface area contributed by atoms with Crippen molar-refractivity contribution in [1.82, 2.24) is 4.98 Å². The Kier molecular flexibility index (Phi) is 3.06. The van der Waals surface area contributed by atoms with Crippen molar-refractivity contribution in [2.24, 2.45) is 0 Å². The summed E-state index contributed by atoms with van der Waals surface area (Å²) >= 11 is 1.26. The van der Waals surface area contributed by atoms with Gasteiger partial charge in [-0.25, -0.2) is 4.98 Å². The molecule has 0 saturated heterocycles. The van der Waals surface area contributed by atoms with E-state index in [0.717, 1.165) is 5.56 Å². The zero-order valence-corrected chi connectivity index (χ0v) is 10.4. The fourth-order valence-electron chi connectivity index (χ4n) is 1.54. The van der Waals surface area contributed by atoms with E-state index in [0.29, 0.717) is 27.3 Å². The Labute approximate surface area is 103 Å². The van der Waals surface area contributed by atoms with E-state index in [1.807, 2.05) is 18.2 Å². The molecule has 0 amide bonds. The van der Waals surface area contributed by atoms with Crippen molar-refractivity contribution in [1.29, 1.82) is 0 Å². The highest BCUT2D eigenvalue weighted by Gasteiger charge is 2.12. The van der Waals surface area contributed by atoms with Crippen molar-refractivity contribution in [3.63, 3.8) is 0 Å². The number of nitrogens with zero attached hydrogens (tertiary/aromatic N) is 1. The number of hydrogen-bond donors (Lipinski definition) is 2. The first-order valence-electron chi connectivity index (χ1n) is 4.90. The summed E-state index contributed by atoms with van der Waals surface area (Å²) in [6.45, 7) is 0. The van der Waals surface area contributed by atoms with Crippen LogP contribution >= 0.6 is 11.3 Å². The minimum atomic E-state index is 0.451. The van der Waals surface area contributed by atoms with Gasteiger partial charge in [-0.15, -0.1) is 0 Å². The SMILES string of the molecule is COc1ccc(-c2nc(N)sc2N)cc1OC. The summed E-state index contributed by atoms with van der Waals surface area (Å²) in [7, 11) is 3.17. The lowest BCUT2D eigenvalue weighted by molar-refractivity contribution is 0.355. The van der Waals surface area contributed by atoms with Gasteiger partial charge in [-0.05, 0) is 18.2 Å². The predicted molar refractivity (Wildman–Crippen MR) is 69.5 cm³/mol. The highest BCUT2D eigenvalue weighted by molar-refractivity contribution is 7.19. The Bertz CT molecular complexity index is 540. The van der Waals surface area contributed by atoms with Crippen LogP contribution in [0.4, 0.5) is 10.1 Å². The van der Waals surface area contributed by atoms with Crippen molar-refractivity contribution in [3.8, 4) is 22.8 Å². The Morgan fingerprint density at radius 1 is 1.12 bits per heavy atom. The standard InChI is InChI=1S/C11H13N3O2S/c1-15-7-4-3-6(5-8(7)16-2)9-10(12)17-11(13)14-9/h3-5H,12H2,1-2H3,(H2,13,14). The number of rotatable bonds is 3. The molecule has 0 unspecified atom stereocenters. The van der Waals surface area contributed by atoms with Gasteiger partial charge >= 0.3 is 0 Å². The third-order valence-electron chi connectivity index (χ3n) is 2.33. The lowest BCUT2D eigenvalue weighted by atomic mass is 10.1. The normalized spacial score (nSPS) is 10.2. The summed E-state index contributed by atoms with van der Waals surface area (Å²) in [4.78, 5) is 4.19. The topological polar surface area (TPSA) is 83.4 Å². The average Bonchev–Trinajstić information content (AvgIpc) is 2.67. The summed E-state index contributed by atoms with van der Waals surface area (Å²) in [5.74, 6) is 1.30. The second kappa shape index (κ2) is 4.50. The monoisotopic (exact) mass is 251 g/mol. The van der Waals surface area contributed by atoms with Crippen molar-refractivity contribution in [3.05, 3.63) is 18.2 Å². The molecule has 2 aromatic rings.